The summed E-state index contributed by atoms with van der Waals surface area (Å²) in [5, 5.41) is 11.5. The number of carbonyl (C=O) groups is 3. The summed E-state index contributed by atoms with van der Waals surface area (Å²) in [6.45, 7) is 2.06. The number of amides is 1. The number of likely N-dealkylation sites (N-methyl/N-ethyl adjacent to an activating group) is 1. The van der Waals surface area contributed by atoms with Crippen molar-refractivity contribution in [2.45, 2.75) is 13.0 Å². The van der Waals surface area contributed by atoms with Crippen molar-refractivity contribution < 1.29 is 29.0 Å². The van der Waals surface area contributed by atoms with Gasteiger partial charge in [-0.15, -0.1) is 0 Å². The van der Waals surface area contributed by atoms with Crippen molar-refractivity contribution in [1.29, 1.82) is 0 Å². The molecule has 0 aromatic heterocycles. The second-order valence-electron chi connectivity index (χ2n) is 7.80. The first-order valence-electron chi connectivity index (χ1n) is 10.2. The van der Waals surface area contributed by atoms with E-state index < -0.39 is 23.7 Å². The zero-order valence-corrected chi connectivity index (χ0v) is 19.5. The number of hydrogen-bond donors (Lipinski definition) is 1. The molecule has 8 nitrogen and oxygen atoms in total. The Morgan fingerprint density at radius 1 is 1.15 bits per heavy atom. The Balaban J connectivity index is 2.17. The molecule has 1 aliphatic heterocycles. The van der Waals surface area contributed by atoms with Gasteiger partial charge in [0, 0.05) is 25.0 Å². The number of likely N-dealkylation sites (tertiary alicyclic amines) is 1. The third kappa shape index (κ3) is 5.18. The molecule has 33 heavy (non-hydrogen) atoms. The lowest BCUT2D eigenvalue weighted by molar-refractivity contribution is -0.140. The first-order chi connectivity index (χ1) is 15.6. The van der Waals surface area contributed by atoms with Gasteiger partial charge in [0.15, 0.2) is 0 Å². The van der Waals surface area contributed by atoms with E-state index in [2.05, 4.69) is 0 Å². The maximum atomic E-state index is 13.1. The van der Waals surface area contributed by atoms with E-state index in [9.17, 15) is 19.5 Å². The zero-order chi connectivity index (χ0) is 24.3. The van der Waals surface area contributed by atoms with Crippen LogP contribution in [0.2, 0.25) is 5.02 Å². The monoisotopic (exact) mass is 472 g/mol. The quantitative estimate of drug-likeness (QED) is 0.217. The highest BCUT2D eigenvalue weighted by Gasteiger charge is 2.46. The lowest BCUT2D eigenvalue weighted by Crippen LogP contribution is -2.35. The summed E-state index contributed by atoms with van der Waals surface area (Å²) in [6, 6.07) is 10.2. The Hall–Kier alpha value is -3.36. The molecule has 1 heterocycles. The van der Waals surface area contributed by atoms with Crippen LogP contribution in [0.4, 0.5) is 0 Å². The number of aliphatic hydroxyl groups is 1. The molecular formula is C24H25ClN2O6. The molecule has 2 aromatic carbocycles. The summed E-state index contributed by atoms with van der Waals surface area (Å²) in [5.41, 5.74) is 0.711. The number of esters is 1. The van der Waals surface area contributed by atoms with Gasteiger partial charge < -0.3 is 24.4 Å². The van der Waals surface area contributed by atoms with Gasteiger partial charge in [0.05, 0.1) is 24.3 Å². The van der Waals surface area contributed by atoms with Crippen molar-refractivity contribution in [2.24, 2.45) is 0 Å². The molecule has 1 unspecified atom stereocenters. The highest BCUT2D eigenvalue weighted by molar-refractivity contribution is 6.46. The molecule has 2 aromatic rings. The fraction of sp³-hybridized carbons (Fsp3) is 0.292. The van der Waals surface area contributed by atoms with Crippen molar-refractivity contribution in [3.05, 3.63) is 64.2 Å². The van der Waals surface area contributed by atoms with E-state index in [0.29, 0.717) is 28.6 Å². The van der Waals surface area contributed by atoms with Gasteiger partial charge in [-0.3, -0.25) is 14.4 Å². The van der Waals surface area contributed by atoms with Gasteiger partial charge in [0.2, 0.25) is 0 Å². The first kappa shape index (κ1) is 24.3. The van der Waals surface area contributed by atoms with Gasteiger partial charge in [-0.1, -0.05) is 23.7 Å². The van der Waals surface area contributed by atoms with Crippen molar-refractivity contribution in [3.63, 3.8) is 0 Å². The van der Waals surface area contributed by atoms with Crippen LogP contribution in [-0.2, 0) is 14.4 Å². The SMILES string of the molecule is COc1ccc(Cl)cc1/C(O)=C1\C(=O)C(=O)N(CCN(C)C)C1c1ccc(OC(C)=O)cc1. The number of ketones is 1. The van der Waals surface area contributed by atoms with Crippen molar-refractivity contribution in [2.75, 3.05) is 34.3 Å². The van der Waals surface area contributed by atoms with Crippen LogP contribution < -0.4 is 9.47 Å². The summed E-state index contributed by atoms with van der Waals surface area (Å²) in [5.74, 6) is -1.73. The normalized spacial score (nSPS) is 17.5. The van der Waals surface area contributed by atoms with Crippen LogP contribution in [0.1, 0.15) is 24.1 Å². The van der Waals surface area contributed by atoms with Gasteiger partial charge in [0.1, 0.15) is 17.3 Å². The van der Waals surface area contributed by atoms with Gasteiger partial charge >= 0.3 is 5.97 Å². The van der Waals surface area contributed by atoms with E-state index in [0.717, 1.165) is 0 Å². The zero-order valence-electron chi connectivity index (χ0n) is 18.8. The number of Topliss-reactive ketones (excluding diaryl/α,β-unsaturated/α-hetero) is 1. The van der Waals surface area contributed by atoms with E-state index in [-0.39, 0.29) is 23.4 Å². The predicted octanol–water partition coefficient (Wildman–Crippen LogP) is 3.26. The molecule has 1 saturated heterocycles. The van der Waals surface area contributed by atoms with E-state index in [1.165, 1.54) is 25.0 Å². The molecule has 1 amide bonds. The van der Waals surface area contributed by atoms with Gasteiger partial charge in [0.25, 0.3) is 11.7 Å². The van der Waals surface area contributed by atoms with Gasteiger partial charge in [-0.2, -0.15) is 0 Å². The highest BCUT2D eigenvalue weighted by Crippen LogP contribution is 2.41. The predicted molar refractivity (Wildman–Crippen MR) is 123 cm³/mol. The van der Waals surface area contributed by atoms with E-state index in [4.69, 9.17) is 21.1 Å². The standard InChI is InChI=1S/C24H25ClN2O6/c1-14(28)33-17-8-5-15(6-9-17)21-20(23(30)24(31)27(21)12-11-26(2)3)22(29)18-13-16(25)7-10-19(18)32-4/h5-10,13,21,29H,11-12H2,1-4H3/b22-20+. The minimum atomic E-state index is -0.847. The van der Waals surface area contributed by atoms with Gasteiger partial charge in [-0.05, 0) is 50.0 Å². The fourth-order valence-electron chi connectivity index (χ4n) is 3.66. The van der Waals surface area contributed by atoms with Crippen LogP contribution in [-0.4, -0.2) is 66.9 Å². The minimum absolute atomic E-state index is 0.0699. The molecular weight excluding hydrogens is 448 g/mol. The second kappa shape index (κ2) is 10.1. The summed E-state index contributed by atoms with van der Waals surface area (Å²) >= 11 is 6.12. The largest absolute Gasteiger partial charge is 0.507 e. The Morgan fingerprint density at radius 3 is 2.39 bits per heavy atom. The number of benzene rings is 2. The average molecular weight is 473 g/mol. The molecule has 1 N–H and O–H groups in total. The number of rotatable bonds is 7. The maximum absolute atomic E-state index is 13.1. The highest BCUT2D eigenvalue weighted by atomic mass is 35.5. The van der Waals surface area contributed by atoms with Gasteiger partial charge in [-0.25, -0.2) is 0 Å². The topological polar surface area (TPSA) is 96.4 Å². The number of halogens is 1. The lowest BCUT2D eigenvalue weighted by atomic mass is 9.95. The summed E-state index contributed by atoms with van der Waals surface area (Å²) in [4.78, 5) is 40.6. The number of aliphatic hydroxyl groups excluding tert-OH is 1. The molecule has 0 saturated carbocycles. The molecule has 3 rings (SSSR count). The number of nitrogens with zero attached hydrogens (tertiary/aromatic N) is 2. The Labute approximate surface area is 197 Å². The van der Waals surface area contributed by atoms with Crippen LogP contribution in [0, 0.1) is 0 Å². The number of hydrogen-bond acceptors (Lipinski definition) is 7. The van der Waals surface area contributed by atoms with Crippen molar-refractivity contribution in [3.8, 4) is 11.5 Å². The summed E-state index contributed by atoms with van der Waals surface area (Å²) in [7, 11) is 5.15. The van der Waals surface area contributed by atoms with Crippen LogP contribution in [0.25, 0.3) is 5.76 Å². The first-order valence-corrected chi connectivity index (χ1v) is 10.6. The molecule has 1 fully saturated rings. The Bertz CT molecular complexity index is 1110. The Kier molecular flexibility index (Phi) is 7.40. The molecule has 0 radical (unpaired) electrons. The molecule has 1 aliphatic rings. The minimum Gasteiger partial charge on any atom is -0.507 e. The summed E-state index contributed by atoms with van der Waals surface area (Å²) in [6.07, 6.45) is 0. The third-order valence-electron chi connectivity index (χ3n) is 5.20. The van der Waals surface area contributed by atoms with E-state index in [1.807, 2.05) is 19.0 Å². The number of carbonyl (C=O) groups excluding carboxylic acids is 3. The smallest absolute Gasteiger partial charge is 0.308 e. The Morgan fingerprint density at radius 2 is 1.82 bits per heavy atom. The average Bonchev–Trinajstić information content (AvgIpc) is 3.02. The van der Waals surface area contributed by atoms with Crippen LogP contribution in [0.15, 0.2) is 48.0 Å². The van der Waals surface area contributed by atoms with E-state index in [1.54, 1.807) is 36.4 Å². The van der Waals surface area contributed by atoms with E-state index >= 15 is 0 Å². The molecule has 174 valence electrons. The maximum Gasteiger partial charge on any atom is 0.308 e. The molecule has 0 spiro atoms. The molecule has 1 atom stereocenters. The van der Waals surface area contributed by atoms with Crippen LogP contribution in [0.5, 0.6) is 11.5 Å². The lowest BCUT2D eigenvalue weighted by Gasteiger charge is -2.26. The molecule has 0 aliphatic carbocycles. The summed E-state index contributed by atoms with van der Waals surface area (Å²) < 4.78 is 10.4. The second-order valence-corrected chi connectivity index (χ2v) is 8.24. The van der Waals surface area contributed by atoms with Crippen molar-refractivity contribution in [1.82, 2.24) is 9.80 Å². The van der Waals surface area contributed by atoms with Crippen LogP contribution >= 0.6 is 11.6 Å². The number of methoxy groups -OCH3 is 1. The number of ether oxygens (including phenoxy) is 2. The third-order valence-corrected chi connectivity index (χ3v) is 5.44. The fourth-order valence-corrected chi connectivity index (χ4v) is 3.83. The molecule has 0 bridgehead atoms. The van der Waals surface area contributed by atoms with Crippen LogP contribution in [0.3, 0.4) is 0 Å². The van der Waals surface area contributed by atoms with Crippen molar-refractivity contribution >= 4 is 35.0 Å². The molecule has 9 heteroatoms.